The molecule has 1 amide bonds. The van der Waals surface area contributed by atoms with E-state index < -0.39 is 11.7 Å². The summed E-state index contributed by atoms with van der Waals surface area (Å²) < 4.78 is 18.8. The number of halogens is 2. The number of rotatable bonds is 4. The van der Waals surface area contributed by atoms with E-state index in [0.717, 1.165) is 6.07 Å². The zero-order chi connectivity index (χ0) is 15.4. The zero-order valence-electron chi connectivity index (χ0n) is 11.3. The molecule has 0 saturated carbocycles. The summed E-state index contributed by atoms with van der Waals surface area (Å²) in [7, 11) is 1.51. The molecule has 3 N–H and O–H groups in total. The number of amides is 1. The SMILES string of the molecule is COc1cccc(Cl)c1CNC(=O)c1cc(N)ccc1F. The minimum Gasteiger partial charge on any atom is -0.496 e. The molecule has 4 nitrogen and oxygen atoms in total. The van der Waals surface area contributed by atoms with Crippen LogP contribution in [-0.4, -0.2) is 13.0 Å². The van der Waals surface area contributed by atoms with Gasteiger partial charge in [0.25, 0.3) is 5.91 Å². The molecule has 0 fully saturated rings. The van der Waals surface area contributed by atoms with Crippen LogP contribution >= 0.6 is 11.6 Å². The highest BCUT2D eigenvalue weighted by Crippen LogP contribution is 2.26. The van der Waals surface area contributed by atoms with Gasteiger partial charge in [0.2, 0.25) is 0 Å². The highest BCUT2D eigenvalue weighted by molar-refractivity contribution is 6.31. The average Bonchev–Trinajstić information content (AvgIpc) is 2.47. The van der Waals surface area contributed by atoms with Crippen molar-refractivity contribution in [3.63, 3.8) is 0 Å². The van der Waals surface area contributed by atoms with Crippen molar-refractivity contribution in [2.75, 3.05) is 12.8 Å². The van der Waals surface area contributed by atoms with Crippen LogP contribution in [0, 0.1) is 5.82 Å². The Bertz CT molecular complexity index is 677. The Kier molecular flexibility index (Phi) is 4.65. The molecule has 0 aliphatic carbocycles. The first-order chi connectivity index (χ1) is 10.0. The largest absolute Gasteiger partial charge is 0.496 e. The summed E-state index contributed by atoms with van der Waals surface area (Å²) in [5.41, 5.74) is 6.39. The van der Waals surface area contributed by atoms with Gasteiger partial charge in [-0.3, -0.25) is 4.79 Å². The summed E-state index contributed by atoms with van der Waals surface area (Å²) >= 11 is 6.07. The standard InChI is InChI=1S/C15H14ClFN2O2/c1-21-14-4-2-3-12(16)11(14)8-19-15(20)10-7-9(18)5-6-13(10)17/h2-7H,8,18H2,1H3,(H,19,20). The third-order valence-corrected chi connectivity index (χ3v) is 3.31. The number of anilines is 1. The van der Waals surface area contributed by atoms with Gasteiger partial charge in [-0.2, -0.15) is 0 Å². The molecule has 0 heterocycles. The van der Waals surface area contributed by atoms with Crippen molar-refractivity contribution in [3.05, 3.63) is 58.4 Å². The van der Waals surface area contributed by atoms with Gasteiger partial charge >= 0.3 is 0 Å². The maximum absolute atomic E-state index is 13.6. The van der Waals surface area contributed by atoms with Crippen molar-refractivity contribution in [2.24, 2.45) is 0 Å². The van der Waals surface area contributed by atoms with Gasteiger partial charge in [0.1, 0.15) is 11.6 Å². The van der Waals surface area contributed by atoms with Crippen LogP contribution in [0.4, 0.5) is 10.1 Å². The first-order valence-electron chi connectivity index (χ1n) is 6.17. The lowest BCUT2D eigenvalue weighted by Crippen LogP contribution is -2.24. The lowest BCUT2D eigenvalue weighted by atomic mass is 10.1. The molecular weight excluding hydrogens is 295 g/mol. The molecule has 0 spiro atoms. The smallest absolute Gasteiger partial charge is 0.254 e. The fourth-order valence-corrected chi connectivity index (χ4v) is 2.12. The van der Waals surface area contributed by atoms with Crippen LogP contribution in [0.3, 0.4) is 0 Å². The van der Waals surface area contributed by atoms with E-state index in [2.05, 4.69) is 5.32 Å². The molecular formula is C15H14ClFN2O2. The van der Waals surface area contributed by atoms with Gasteiger partial charge in [-0.15, -0.1) is 0 Å². The Labute approximate surface area is 126 Å². The maximum Gasteiger partial charge on any atom is 0.254 e. The van der Waals surface area contributed by atoms with Gasteiger partial charge in [-0.1, -0.05) is 17.7 Å². The summed E-state index contributed by atoms with van der Waals surface area (Å²) in [5.74, 6) is -0.648. The van der Waals surface area contributed by atoms with E-state index in [4.69, 9.17) is 22.1 Å². The number of methoxy groups -OCH3 is 1. The molecule has 0 radical (unpaired) electrons. The zero-order valence-corrected chi connectivity index (χ0v) is 12.1. The van der Waals surface area contributed by atoms with Gasteiger partial charge in [0, 0.05) is 22.8 Å². The normalized spacial score (nSPS) is 10.2. The van der Waals surface area contributed by atoms with E-state index >= 15 is 0 Å². The number of hydrogen-bond donors (Lipinski definition) is 2. The van der Waals surface area contributed by atoms with E-state index in [-0.39, 0.29) is 12.1 Å². The number of carbonyl (C=O) groups is 1. The van der Waals surface area contributed by atoms with Crippen LogP contribution in [0.5, 0.6) is 5.75 Å². The number of nitrogens with one attached hydrogen (secondary N) is 1. The number of nitrogen functional groups attached to an aromatic ring is 1. The summed E-state index contributed by atoms with van der Waals surface area (Å²) in [6.45, 7) is 0.121. The highest BCUT2D eigenvalue weighted by atomic mass is 35.5. The molecule has 0 aromatic heterocycles. The molecule has 2 aromatic rings. The van der Waals surface area contributed by atoms with E-state index in [1.807, 2.05) is 0 Å². The molecule has 0 atom stereocenters. The lowest BCUT2D eigenvalue weighted by molar-refractivity contribution is 0.0946. The van der Waals surface area contributed by atoms with Crippen molar-refractivity contribution >= 4 is 23.2 Å². The van der Waals surface area contributed by atoms with E-state index in [1.54, 1.807) is 18.2 Å². The van der Waals surface area contributed by atoms with Crippen LogP contribution in [0.15, 0.2) is 36.4 Å². The molecule has 0 saturated heterocycles. The molecule has 0 bridgehead atoms. The highest BCUT2D eigenvalue weighted by Gasteiger charge is 2.14. The summed E-state index contributed by atoms with van der Waals surface area (Å²) in [4.78, 5) is 12.0. The van der Waals surface area contributed by atoms with Crippen LogP contribution in [-0.2, 0) is 6.54 Å². The Morgan fingerprint density at radius 3 is 2.86 bits per heavy atom. The Balaban J connectivity index is 2.17. The van der Waals surface area contributed by atoms with E-state index in [0.29, 0.717) is 22.0 Å². The van der Waals surface area contributed by atoms with E-state index in [9.17, 15) is 9.18 Å². The Morgan fingerprint density at radius 2 is 2.14 bits per heavy atom. The van der Waals surface area contributed by atoms with Crippen LogP contribution in [0.1, 0.15) is 15.9 Å². The fraction of sp³-hybridized carbons (Fsp3) is 0.133. The van der Waals surface area contributed by atoms with E-state index in [1.165, 1.54) is 19.2 Å². The van der Waals surface area contributed by atoms with Gasteiger partial charge < -0.3 is 15.8 Å². The van der Waals surface area contributed by atoms with Crippen LogP contribution in [0.25, 0.3) is 0 Å². The number of nitrogens with two attached hydrogens (primary N) is 1. The van der Waals surface area contributed by atoms with Crippen molar-refractivity contribution in [2.45, 2.75) is 6.54 Å². The summed E-state index contributed by atoms with van der Waals surface area (Å²) in [6.07, 6.45) is 0. The monoisotopic (exact) mass is 308 g/mol. The number of hydrogen-bond acceptors (Lipinski definition) is 3. The number of carbonyl (C=O) groups excluding carboxylic acids is 1. The lowest BCUT2D eigenvalue weighted by Gasteiger charge is -2.12. The van der Waals surface area contributed by atoms with Crippen molar-refractivity contribution in [1.82, 2.24) is 5.32 Å². The molecule has 2 aromatic carbocycles. The quantitative estimate of drug-likeness (QED) is 0.853. The molecule has 2 rings (SSSR count). The third kappa shape index (κ3) is 3.44. The maximum atomic E-state index is 13.6. The summed E-state index contributed by atoms with van der Waals surface area (Å²) in [5, 5.41) is 3.06. The number of benzene rings is 2. The average molecular weight is 309 g/mol. The predicted molar refractivity (Wildman–Crippen MR) is 80.0 cm³/mol. The molecule has 110 valence electrons. The molecule has 0 unspecified atom stereocenters. The number of ether oxygens (including phenoxy) is 1. The predicted octanol–water partition coefficient (Wildman–Crippen LogP) is 3.00. The van der Waals surface area contributed by atoms with Gasteiger partial charge in [0.15, 0.2) is 0 Å². The minimum atomic E-state index is -0.632. The van der Waals surface area contributed by atoms with Gasteiger partial charge in [-0.25, -0.2) is 4.39 Å². The van der Waals surface area contributed by atoms with Crippen LogP contribution < -0.4 is 15.8 Å². The second kappa shape index (κ2) is 6.45. The molecule has 21 heavy (non-hydrogen) atoms. The van der Waals surface area contributed by atoms with Crippen molar-refractivity contribution < 1.29 is 13.9 Å². The van der Waals surface area contributed by atoms with Gasteiger partial charge in [0.05, 0.1) is 12.7 Å². The van der Waals surface area contributed by atoms with Crippen molar-refractivity contribution in [1.29, 1.82) is 0 Å². The minimum absolute atomic E-state index is 0.110. The Hall–Kier alpha value is -2.27. The topological polar surface area (TPSA) is 64.3 Å². The first-order valence-corrected chi connectivity index (χ1v) is 6.55. The second-order valence-electron chi connectivity index (χ2n) is 4.34. The summed E-state index contributed by atoms with van der Waals surface area (Å²) in [6, 6.07) is 8.99. The van der Waals surface area contributed by atoms with Gasteiger partial charge in [-0.05, 0) is 30.3 Å². The first kappa shape index (κ1) is 15.1. The van der Waals surface area contributed by atoms with Crippen molar-refractivity contribution in [3.8, 4) is 5.75 Å². The third-order valence-electron chi connectivity index (χ3n) is 2.96. The van der Waals surface area contributed by atoms with Crippen LogP contribution in [0.2, 0.25) is 5.02 Å². The Morgan fingerprint density at radius 1 is 1.38 bits per heavy atom. The molecule has 0 aliphatic heterocycles. The fourth-order valence-electron chi connectivity index (χ4n) is 1.88. The molecule has 0 aliphatic rings. The molecule has 6 heteroatoms. The second-order valence-corrected chi connectivity index (χ2v) is 4.75.